The average Bonchev–Trinajstić information content (AvgIpc) is 2.77. The van der Waals surface area contributed by atoms with Crippen molar-refractivity contribution in [3.63, 3.8) is 0 Å². The highest BCUT2D eigenvalue weighted by molar-refractivity contribution is 5.25. The molecule has 1 unspecified atom stereocenters. The van der Waals surface area contributed by atoms with Gasteiger partial charge in [-0.3, -0.25) is 0 Å². The molecule has 17 heavy (non-hydrogen) atoms. The number of nitriles is 1. The molecule has 0 bridgehead atoms. The average molecular weight is 231 g/mol. The van der Waals surface area contributed by atoms with Crippen LogP contribution in [0.4, 0.5) is 0 Å². The minimum Gasteiger partial charge on any atom is -0.374 e. The van der Waals surface area contributed by atoms with Gasteiger partial charge in [0.2, 0.25) is 0 Å². The zero-order valence-electron chi connectivity index (χ0n) is 10.1. The monoisotopic (exact) mass is 231 g/mol. The summed E-state index contributed by atoms with van der Waals surface area (Å²) in [6.45, 7) is 4.60. The molecule has 1 atom stereocenters. The van der Waals surface area contributed by atoms with E-state index in [0.29, 0.717) is 5.69 Å². The first-order valence-corrected chi connectivity index (χ1v) is 5.92. The molecule has 4 nitrogen and oxygen atoms in total. The van der Waals surface area contributed by atoms with E-state index in [-0.39, 0.29) is 5.60 Å². The fourth-order valence-corrected chi connectivity index (χ4v) is 2.09. The molecular weight excluding hydrogens is 214 g/mol. The molecule has 0 radical (unpaired) electrons. The molecule has 1 aromatic heterocycles. The van der Waals surface area contributed by atoms with E-state index in [4.69, 9.17) is 10.00 Å². The third-order valence-corrected chi connectivity index (χ3v) is 3.07. The van der Waals surface area contributed by atoms with E-state index in [1.165, 1.54) is 0 Å². The lowest BCUT2D eigenvalue weighted by Gasteiger charge is -2.23. The van der Waals surface area contributed by atoms with Crippen LogP contribution in [0.3, 0.4) is 0 Å². The maximum atomic E-state index is 8.75. The Bertz CT molecular complexity index is 419. The van der Waals surface area contributed by atoms with Gasteiger partial charge in [0.1, 0.15) is 11.8 Å². The first kappa shape index (κ1) is 12.0. The van der Waals surface area contributed by atoms with Gasteiger partial charge < -0.3 is 10.1 Å². The quantitative estimate of drug-likeness (QED) is 0.855. The number of nitrogens with zero attached hydrogens (tertiary/aromatic N) is 2. The Labute approximate surface area is 102 Å². The Morgan fingerprint density at radius 3 is 3.24 bits per heavy atom. The van der Waals surface area contributed by atoms with Crippen LogP contribution in [0, 0.1) is 11.3 Å². The molecule has 0 aromatic carbocycles. The van der Waals surface area contributed by atoms with Crippen molar-refractivity contribution < 1.29 is 4.74 Å². The van der Waals surface area contributed by atoms with Gasteiger partial charge in [-0.1, -0.05) is 0 Å². The highest BCUT2D eigenvalue weighted by atomic mass is 16.5. The largest absolute Gasteiger partial charge is 0.374 e. The van der Waals surface area contributed by atoms with Crippen LogP contribution in [-0.2, 0) is 11.3 Å². The van der Waals surface area contributed by atoms with Crippen LogP contribution in [0.1, 0.15) is 31.0 Å². The van der Waals surface area contributed by atoms with Crippen molar-refractivity contribution in [2.24, 2.45) is 0 Å². The van der Waals surface area contributed by atoms with E-state index in [1.54, 1.807) is 6.20 Å². The van der Waals surface area contributed by atoms with Gasteiger partial charge in [0, 0.05) is 25.9 Å². The molecule has 1 aliphatic heterocycles. The van der Waals surface area contributed by atoms with E-state index in [1.807, 2.05) is 18.2 Å². The Hall–Kier alpha value is -1.44. The third-order valence-electron chi connectivity index (χ3n) is 3.07. The summed E-state index contributed by atoms with van der Waals surface area (Å²) in [6, 6.07) is 5.78. The lowest BCUT2D eigenvalue weighted by atomic mass is 10.0. The van der Waals surface area contributed by atoms with Crippen LogP contribution < -0.4 is 5.32 Å². The van der Waals surface area contributed by atoms with Crippen molar-refractivity contribution in [2.45, 2.75) is 31.9 Å². The van der Waals surface area contributed by atoms with E-state index < -0.39 is 0 Å². The first-order valence-electron chi connectivity index (χ1n) is 5.92. The Morgan fingerprint density at radius 1 is 1.65 bits per heavy atom. The number of ether oxygens (including phenoxy) is 1. The summed E-state index contributed by atoms with van der Waals surface area (Å²) in [4.78, 5) is 3.94. The number of rotatable bonds is 4. The zero-order valence-corrected chi connectivity index (χ0v) is 10.1. The molecule has 0 amide bonds. The molecule has 90 valence electrons. The number of aromatic nitrogens is 1. The number of hydrogen-bond donors (Lipinski definition) is 1. The molecule has 2 rings (SSSR count). The van der Waals surface area contributed by atoms with Crippen LogP contribution >= 0.6 is 0 Å². The molecule has 1 saturated heterocycles. The number of pyridine rings is 1. The summed E-state index contributed by atoms with van der Waals surface area (Å²) in [7, 11) is 0. The second-order valence-electron chi connectivity index (χ2n) is 4.67. The Balaban J connectivity index is 1.83. The van der Waals surface area contributed by atoms with Crippen molar-refractivity contribution in [1.29, 1.82) is 5.26 Å². The molecule has 1 aliphatic rings. The van der Waals surface area contributed by atoms with Crippen LogP contribution in [0.15, 0.2) is 18.3 Å². The molecule has 4 heteroatoms. The standard InChI is InChI=1S/C13H17N3O/c1-13(4-2-6-17-13)10-15-9-11-3-5-16-12(7-11)8-14/h3,5,7,15H,2,4,6,9-10H2,1H3. The normalized spacial score (nSPS) is 23.5. The summed E-state index contributed by atoms with van der Waals surface area (Å²) >= 11 is 0. The molecule has 0 spiro atoms. The molecule has 0 saturated carbocycles. The van der Waals surface area contributed by atoms with Crippen molar-refractivity contribution in [3.05, 3.63) is 29.6 Å². The van der Waals surface area contributed by atoms with Gasteiger partial charge in [0.15, 0.2) is 0 Å². The lowest BCUT2D eigenvalue weighted by molar-refractivity contribution is 0.0207. The van der Waals surface area contributed by atoms with E-state index >= 15 is 0 Å². The number of hydrogen-bond acceptors (Lipinski definition) is 4. The van der Waals surface area contributed by atoms with Gasteiger partial charge in [0.05, 0.1) is 5.60 Å². The molecule has 0 aliphatic carbocycles. The van der Waals surface area contributed by atoms with E-state index in [0.717, 1.165) is 38.1 Å². The van der Waals surface area contributed by atoms with Gasteiger partial charge >= 0.3 is 0 Å². The Morgan fingerprint density at radius 2 is 2.53 bits per heavy atom. The summed E-state index contributed by atoms with van der Waals surface area (Å²) in [6.07, 6.45) is 3.93. The molecule has 1 N–H and O–H groups in total. The number of nitrogens with one attached hydrogen (secondary N) is 1. The van der Waals surface area contributed by atoms with Gasteiger partial charge in [0.25, 0.3) is 0 Å². The molecule has 1 aromatic rings. The van der Waals surface area contributed by atoms with Crippen LogP contribution in [0.5, 0.6) is 0 Å². The fraction of sp³-hybridized carbons (Fsp3) is 0.538. The van der Waals surface area contributed by atoms with Crippen molar-refractivity contribution in [1.82, 2.24) is 10.3 Å². The highest BCUT2D eigenvalue weighted by Crippen LogP contribution is 2.23. The third kappa shape index (κ3) is 3.26. The van der Waals surface area contributed by atoms with Crippen LogP contribution in [-0.4, -0.2) is 23.7 Å². The maximum Gasteiger partial charge on any atom is 0.140 e. The van der Waals surface area contributed by atoms with E-state index in [9.17, 15) is 0 Å². The van der Waals surface area contributed by atoms with Gasteiger partial charge in [-0.15, -0.1) is 0 Å². The fourth-order valence-electron chi connectivity index (χ4n) is 2.09. The van der Waals surface area contributed by atoms with Crippen molar-refractivity contribution >= 4 is 0 Å². The minimum atomic E-state index is -0.0227. The lowest BCUT2D eigenvalue weighted by Crippen LogP contribution is -2.36. The summed E-state index contributed by atoms with van der Waals surface area (Å²) in [5.41, 5.74) is 1.52. The SMILES string of the molecule is CC1(CNCc2ccnc(C#N)c2)CCCO1. The van der Waals surface area contributed by atoms with Crippen molar-refractivity contribution in [2.75, 3.05) is 13.2 Å². The summed E-state index contributed by atoms with van der Waals surface area (Å²) < 4.78 is 5.70. The van der Waals surface area contributed by atoms with Crippen LogP contribution in [0.2, 0.25) is 0 Å². The predicted octanol–water partition coefficient (Wildman–Crippen LogP) is 1.61. The topological polar surface area (TPSA) is 57.9 Å². The second-order valence-corrected chi connectivity index (χ2v) is 4.67. The molecule has 1 fully saturated rings. The smallest absolute Gasteiger partial charge is 0.140 e. The summed E-state index contributed by atoms with van der Waals surface area (Å²) in [5.74, 6) is 0. The van der Waals surface area contributed by atoms with Gasteiger partial charge in [-0.2, -0.15) is 5.26 Å². The Kier molecular flexibility index (Phi) is 3.72. The molecule has 2 heterocycles. The maximum absolute atomic E-state index is 8.75. The molecular formula is C13H17N3O. The highest BCUT2D eigenvalue weighted by Gasteiger charge is 2.28. The van der Waals surface area contributed by atoms with Gasteiger partial charge in [-0.25, -0.2) is 4.98 Å². The minimum absolute atomic E-state index is 0.0227. The second kappa shape index (κ2) is 5.26. The zero-order chi connectivity index (χ0) is 12.1. The summed E-state index contributed by atoms with van der Waals surface area (Å²) in [5, 5.41) is 12.1. The van der Waals surface area contributed by atoms with Gasteiger partial charge in [-0.05, 0) is 37.5 Å². The predicted molar refractivity (Wildman–Crippen MR) is 64.2 cm³/mol. The van der Waals surface area contributed by atoms with Crippen molar-refractivity contribution in [3.8, 4) is 6.07 Å². The van der Waals surface area contributed by atoms with E-state index in [2.05, 4.69) is 17.2 Å². The first-order chi connectivity index (χ1) is 8.22. The van der Waals surface area contributed by atoms with Crippen LogP contribution in [0.25, 0.3) is 0 Å².